The van der Waals surface area contributed by atoms with Crippen molar-refractivity contribution in [3.63, 3.8) is 0 Å². The molecule has 1 aliphatic rings. The molecule has 102 valence electrons. The van der Waals surface area contributed by atoms with E-state index < -0.39 is 0 Å². The molecule has 0 bridgehead atoms. The van der Waals surface area contributed by atoms with Crippen LogP contribution >= 0.6 is 34.2 Å². The van der Waals surface area contributed by atoms with Crippen molar-refractivity contribution in [3.8, 4) is 0 Å². The third-order valence-electron chi connectivity index (χ3n) is 3.34. The summed E-state index contributed by atoms with van der Waals surface area (Å²) in [6.45, 7) is 1.13. The minimum Gasteiger partial charge on any atom is -0.369 e. The highest BCUT2D eigenvalue weighted by atomic mass is 127. The van der Waals surface area contributed by atoms with Crippen LogP contribution in [0.25, 0.3) is 0 Å². The summed E-state index contributed by atoms with van der Waals surface area (Å²) in [6, 6.07) is 5.28. The lowest BCUT2D eigenvalue weighted by Crippen LogP contribution is -2.41. The largest absolute Gasteiger partial charge is 0.369 e. The van der Waals surface area contributed by atoms with Gasteiger partial charge in [0.15, 0.2) is 0 Å². The van der Waals surface area contributed by atoms with Crippen LogP contribution in [0.5, 0.6) is 0 Å². The number of nitrogens with two attached hydrogens (primary N) is 1. The highest BCUT2D eigenvalue weighted by molar-refractivity contribution is 14.1. The Bertz CT molecular complexity index is 513. The molecule has 1 saturated heterocycles. The van der Waals surface area contributed by atoms with Gasteiger partial charge in [0.2, 0.25) is 5.91 Å². The number of hydrogen-bond acceptors (Lipinski definition) is 2. The molecule has 0 saturated carbocycles. The van der Waals surface area contributed by atoms with Gasteiger partial charge in [-0.15, -0.1) is 0 Å². The van der Waals surface area contributed by atoms with E-state index in [-0.39, 0.29) is 17.7 Å². The predicted molar refractivity (Wildman–Crippen MR) is 82.0 cm³/mol. The van der Waals surface area contributed by atoms with E-state index in [1.807, 2.05) is 6.07 Å². The standard InChI is InChI=1S/C13H14ClIN2O2/c14-9-1-2-11(15)10(7-9)13(19)17-5-3-8(4-6-17)12(16)18/h1-2,7-8H,3-6H2,(H2,16,18). The van der Waals surface area contributed by atoms with Crippen LogP contribution in [0, 0.1) is 9.49 Å². The topological polar surface area (TPSA) is 63.4 Å². The molecule has 1 aromatic carbocycles. The van der Waals surface area contributed by atoms with E-state index in [9.17, 15) is 9.59 Å². The molecule has 6 heteroatoms. The average Bonchev–Trinajstić information content (AvgIpc) is 2.41. The maximum Gasteiger partial charge on any atom is 0.254 e. The lowest BCUT2D eigenvalue weighted by atomic mass is 9.96. The Kier molecular flexibility index (Phi) is 4.67. The molecule has 0 aliphatic carbocycles. The minimum atomic E-state index is -0.274. The molecular formula is C13H14ClIN2O2. The van der Waals surface area contributed by atoms with Crippen LogP contribution in [-0.4, -0.2) is 29.8 Å². The number of halogens is 2. The Hall–Kier alpha value is -0.820. The van der Waals surface area contributed by atoms with Crippen molar-refractivity contribution in [2.75, 3.05) is 13.1 Å². The van der Waals surface area contributed by atoms with Crippen LogP contribution in [0.3, 0.4) is 0 Å². The Morgan fingerprint density at radius 3 is 2.53 bits per heavy atom. The van der Waals surface area contributed by atoms with Crippen molar-refractivity contribution >= 4 is 46.0 Å². The summed E-state index contributed by atoms with van der Waals surface area (Å²) in [5.74, 6) is -0.415. The van der Waals surface area contributed by atoms with Gasteiger partial charge in [-0.2, -0.15) is 0 Å². The van der Waals surface area contributed by atoms with Gasteiger partial charge >= 0.3 is 0 Å². The summed E-state index contributed by atoms with van der Waals surface area (Å²) in [7, 11) is 0. The number of piperidine rings is 1. The third kappa shape index (κ3) is 3.39. The number of primary amides is 1. The van der Waals surface area contributed by atoms with Crippen LogP contribution < -0.4 is 5.73 Å². The fourth-order valence-corrected chi connectivity index (χ4v) is 2.94. The van der Waals surface area contributed by atoms with E-state index in [1.54, 1.807) is 17.0 Å². The summed E-state index contributed by atoms with van der Waals surface area (Å²) in [5, 5.41) is 0.552. The molecule has 1 fully saturated rings. The van der Waals surface area contributed by atoms with Crippen molar-refractivity contribution in [1.82, 2.24) is 4.90 Å². The number of hydrogen-bond donors (Lipinski definition) is 1. The maximum atomic E-state index is 12.4. The zero-order valence-corrected chi connectivity index (χ0v) is 13.1. The molecular weight excluding hydrogens is 379 g/mol. The molecule has 1 aliphatic heterocycles. The zero-order chi connectivity index (χ0) is 14.0. The van der Waals surface area contributed by atoms with E-state index in [1.165, 1.54) is 0 Å². The first-order valence-electron chi connectivity index (χ1n) is 6.02. The number of benzene rings is 1. The minimum absolute atomic E-state index is 0.0326. The second-order valence-electron chi connectivity index (χ2n) is 4.59. The van der Waals surface area contributed by atoms with Crippen LogP contribution in [-0.2, 0) is 4.79 Å². The van der Waals surface area contributed by atoms with Crippen LogP contribution in [0.2, 0.25) is 5.02 Å². The first kappa shape index (κ1) is 14.6. The van der Waals surface area contributed by atoms with E-state index in [0.717, 1.165) is 3.57 Å². The van der Waals surface area contributed by atoms with Gasteiger partial charge in [-0.25, -0.2) is 0 Å². The average molecular weight is 393 g/mol. The van der Waals surface area contributed by atoms with Gasteiger partial charge in [0.1, 0.15) is 0 Å². The second-order valence-corrected chi connectivity index (χ2v) is 6.19. The monoisotopic (exact) mass is 392 g/mol. The van der Waals surface area contributed by atoms with Gasteiger partial charge < -0.3 is 10.6 Å². The van der Waals surface area contributed by atoms with E-state index in [4.69, 9.17) is 17.3 Å². The van der Waals surface area contributed by atoms with Crippen molar-refractivity contribution < 1.29 is 9.59 Å². The number of likely N-dealkylation sites (tertiary alicyclic amines) is 1. The van der Waals surface area contributed by atoms with E-state index >= 15 is 0 Å². The summed E-state index contributed by atoms with van der Waals surface area (Å²) in [6.07, 6.45) is 1.27. The first-order valence-corrected chi connectivity index (χ1v) is 7.48. The first-order chi connectivity index (χ1) is 8.99. The number of rotatable bonds is 2. The van der Waals surface area contributed by atoms with E-state index in [2.05, 4.69) is 22.6 Å². The normalized spacial score (nSPS) is 16.4. The molecule has 0 atom stereocenters. The highest BCUT2D eigenvalue weighted by Crippen LogP contribution is 2.23. The second kappa shape index (κ2) is 6.09. The lowest BCUT2D eigenvalue weighted by Gasteiger charge is -2.30. The van der Waals surface area contributed by atoms with Crippen molar-refractivity contribution in [3.05, 3.63) is 32.4 Å². The molecule has 0 unspecified atom stereocenters. The molecule has 1 heterocycles. The van der Waals surface area contributed by atoms with Crippen molar-refractivity contribution in [1.29, 1.82) is 0 Å². The molecule has 4 nitrogen and oxygen atoms in total. The highest BCUT2D eigenvalue weighted by Gasteiger charge is 2.27. The Labute approximate surface area is 130 Å². The SMILES string of the molecule is NC(=O)C1CCN(C(=O)c2cc(Cl)ccc2I)CC1. The maximum absolute atomic E-state index is 12.4. The summed E-state index contributed by atoms with van der Waals surface area (Å²) < 4.78 is 0.879. The number of carbonyl (C=O) groups is 2. The van der Waals surface area contributed by atoms with Crippen molar-refractivity contribution in [2.24, 2.45) is 11.7 Å². The predicted octanol–water partition coefficient (Wildman–Crippen LogP) is 2.28. The van der Waals surface area contributed by atoms with Gasteiger partial charge in [0, 0.05) is 27.6 Å². The van der Waals surface area contributed by atoms with Crippen molar-refractivity contribution in [2.45, 2.75) is 12.8 Å². The van der Waals surface area contributed by atoms with Crippen LogP contribution in [0.4, 0.5) is 0 Å². The Morgan fingerprint density at radius 2 is 1.95 bits per heavy atom. The quantitative estimate of drug-likeness (QED) is 0.785. The summed E-state index contributed by atoms with van der Waals surface area (Å²) in [4.78, 5) is 25.3. The number of carbonyl (C=O) groups excluding carboxylic acids is 2. The number of nitrogens with zero attached hydrogens (tertiary/aromatic N) is 1. The fraction of sp³-hybridized carbons (Fsp3) is 0.385. The molecule has 2 rings (SSSR count). The van der Waals surface area contributed by atoms with Gasteiger partial charge in [-0.05, 0) is 53.6 Å². The molecule has 0 radical (unpaired) electrons. The van der Waals surface area contributed by atoms with Gasteiger partial charge in [0.05, 0.1) is 5.56 Å². The van der Waals surface area contributed by atoms with Gasteiger partial charge in [-0.3, -0.25) is 9.59 Å². The molecule has 0 spiro atoms. The molecule has 19 heavy (non-hydrogen) atoms. The Morgan fingerprint density at radius 1 is 1.32 bits per heavy atom. The third-order valence-corrected chi connectivity index (χ3v) is 4.52. The van der Waals surface area contributed by atoms with Crippen LogP contribution in [0.1, 0.15) is 23.2 Å². The molecule has 2 N–H and O–H groups in total. The fourth-order valence-electron chi connectivity index (χ4n) is 2.20. The van der Waals surface area contributed by atoms with Crippen LogP contribution in [0.15, 0.2) is 18.2 Å². The Balaban J connectivity index is 2.09. The molecule has 1 aromatic rings. The zero-order valence-electron chi connectivity index (χ0n) is 10.2. The van der Waals surface area contributed by atoms with Gasteiger partial charge in [0.25, 0.3) is 5.91 Å². The molecule has 2 amide bonds. The summed E-state index contributed by atoms with van der Waals surface area (Å²) in [5.41, 5.74) is 5.90. The number of amides is 2. The van der Waals surface area contributed by atoms with E-state index in [0.29, 0.717) is 36.5 Å². The van der Waals surface area contributed by atoms with Gasteiger partial charge in [-0.1, -0.05) is 11.6 Å². The summed E-state index contributed by atoms with van der Waals surface area (Å²) >= 11 is 8.05. The molecule has 0 aromatic heterocycles. The smallest absolute Gasteiger partial charge is 0.254 e. The lowest BCUT2D eigenvalue weighted by molar-refractivity contribution is -0.123.